The Morgan fingerprint density at radius 2 is 1.53 bits per heavy atom. The van der Waals surface area contributed by atoms with Crippen LogP contribution in [0.25, 0.3) is 0 Å². The van der Waals surface area contributed by atoms with Crippen molar-refractivity contribution < 1.29 is 24.9 Å². The molecule has 114 valence electrons. The van der Waals surface area contributed by atoms with E-state index in [1.807, 2.05) is 0 Å². The highest BCUT2D eigenvalue weighted by Gasteiger charge is 2.25. The van der Waals surface area contributed by atoms with Gasteiger partial charge in [0.25, 0.3) is 0 Å². The van der Waals surface area contributed by atoms with Gasteiger partial charge in [-0.25, -0.2) is 4.79 Å². The van der Waals surface area contributed by atoms with Gasteiger partial charge in [-0.05, 0) is 19.8 Å². The fraction of sp³-hybridized carbons (Fsp3) is 0.923. The van der Waals surface area contributed by atoms with E-state index in [0.717, 1.165) is 38.5 Å². The van der Waals surface area contributed by atoms with Gasteiger partial charge >= 0.3 is 6.09 Å². The van der Waals surface area contributed by atoms with Gasteiger partial charge in [-0.2, -0.15) is 0 Å². The molecule has 0 aliphatic carbocycles. The Hall–Kier alpha value is -0.850. The molecule has 1 amide bonds. The number of hydrogen-bond donors (Lipinski definition) is 4. The van der Waals surface area contributed by atoms with Gasteiger partial charge in [-0.15, -0.1) is 0 Å². The first-order valence-electron chi connectivity index (χ1n) is 6.85. The molecule has 0 fully saturated rings. The molecule has 19 heavy (non-hydrogen) atoms. The number of rotatable bonds is 11. The number of unbranched alkanes of at least 4 members (excludes halogenated alkanes) is 5. The molecule has 0 bridgehead atoms. The molecule has 0 unspecified atom stereocenters. The van der Waals surface area contributed by atoms with Crippen molar-refractivity contribution in [3.63, 3.8) is 0 Å². The molecule has 0 saturated carbocycles. The zero-order valence-electron chi connectivity index (χ0n) is 11.7. The second-order valence-corrected chi connectivity index (χ2v) is 4.98. The predicted octanol–water partition coefficient (Wildman–Crippen LogP) is 0.789. The van der Waals surface area contributed by atoms with Crippen LogP contribution in [0.1, 0.15) is 45.4 Å². The van der Waals surface area contributed by atoms with Gasteiger partial charge in [0.15, 0.2) is 0 Å². The Morgan fingerprint density at radius 1 is 1.00 bits per heavy atom. The Kier molecular flexibility index (Phi) is 10.5. The zero-order chi connectivity index (χ0) is 14.6. The number of alkyl carbamates (subject to hydrolysis) is 1. The average Bonchev–Trinajstić information content (AvgIpc) is 2.41. The summed E-state index contributed by atoms with van der Waals surface area (Å²) in [6, 6.07) is 0. The van der Waals surface area contributed by atoms with E-state index in [0.29, 0.717) is 6.61 Å². The molecule has 0 aliphatic rings. The Morgan fingerprint density at radius 3 is 2.05 bits per heavy atom. The standard InChI is InChI=1S/C13H27NO5/c1-13(10-16,11-17)14-12(18)19-9-7-5-3-2-4-6-8-15/h15-17H,2-11H2,1H3,(H,14,18). The molecule has 6 nitrogen and oxygen atoms in total. The van der Waals surface area contributed by atoms with Crippen LogP contribution in [-0.4, -0.2) is 53.4 Å². The van der Waals surface area contributed by atoms with E-state index >= 15 is 0 Å². The molecule has 0 spiro atoms. The number of carbonyl (C=O) groups is 1. The van der Waals surface area contributed by atoms with Gasteiger partial charge in [0.1, 0.15) is 0 Å². The minimum atomic E-state index is -1.04. The number of aliphatic hydroxyl groups excluding tert-OH is 3. The van der Waals surface area contributed by atoms with Crippen molar-refractivity contribution in [2.75, 3.05) is 26.4 Å². The van der Waals surface area contributed by atoms with Crippen LogP contribution in [-0.2, 0) is 4.74 Å². The van der Waals surface area contributed by atoms with E-state index in [2.05, 4.69) is 5.32 Å². The summed E-state index contributed by atoms with van der Waals surface area (Å²) in [4.78, 5) is 11.4. The summed E-state index contributed by atoms with van der Waals surface area (Å²) in [5.74, 6) is 0. The van der Waals surface area contributed by atoms with E-state index < -0.39 is 11.6 Å². The minimum Gasteiger partial charge on any atom is -0.450 e. The Balaban J connectivity index is 3.48. The normalized spacial score (nSPS) is 11.4. The maximum atomic E-state index is 11.4. The van der Waals surface area contributed by atoms with E-state index in [-0.39, 0.29) is 19.8 Å². The van der Waals surface area contributed by atoms with Crippen LogP contribution in [0, 0.1) is 0 Å². The first-order chi connectivity index (χ1) is 9.08. The number of amides is 1. The van der Waals surface area contributed by atoms with Gasteiger partial charge in [-0.3, -0.25) is 0 Å². The number of aliphatic hydroxyl groups is 3. The van der Waals surface area contributed by atoms with E-state index in [9.17, 15) is 4.79 Å². The molecular weight excluding hydrogens is 250 g/mol. The maximum absolute atomic E-state index is 11.4. The molecule has 0 aromatic heterocycles. The Bertz CT molecular complexity index is 231. The molecule has 0 radical (unpaired) electrons. The van der Waals surface area contributed by atoms with E-state index in [4.69, 9.17) is 20.1 Å². The smallest absolute Gasteiger partial charge is 0.407 e. The van der Waals surface area contributed by atoms with Crippen LogP contribution in [0.3, 0.4) is 0 Å². The monoisotopic (exact) mass is 277 g/mol. The summed E-state index contributed by atoms with van der Waals surface area (Å²) in [5, 5.41) is 29.0. The van der Waals surface area contributed by atoms with Crippen molar-refractivity contribution in [3.05, 3.63) is 0 Å². The molecule has 4 N–H and O–H groups in total. The molecule has 0 aromatic carbocycles. The highest BCUT2D eigenvalue weighted by atomic mass is 16.5. The summed E-state index contributed by atoms with van der Waals surface area (Å²) < 4.78 is 4.96. The third kappa shape index (κ3) is 9.69. The third-order valence-electron chi connectivity index (χ3n) is 2.89. The number of nitrogens with one attached hydrogen (secondary N) is 1. The minimum absolute atomic E-state index is 0.248. The van der Waals surface area contributed by atoms with Gasteiger partial charge in [0.2, 0.25) is 0 Å². The van der Waals surface area contributed by atoms with Crippen LogP contribution in [0.5, 0.6) is 0 Å². The fourth-order valence-electron chi connectivity index (χ4n) is 1.50. The first-order valence-corrected chi connectivity index (χ1v) is 6.85. The fourth-order valence-corrected chi connectivity index (χ4v) is 1.50. The van der Waals surface area contributed by atoms with Crippen molar-refractivity contribution in [2.24, 2.45) is 0 Å². The van der Waals surface area contributed by atoms with Gasteiger partial charge < -0.3 is 25.4 Å². The van der Waals surface area contributed by atoms with Crippen molar-refractivity contribution in [1.29, 1.82) is 0 Å². The summed E-state index contributed by atoms with van der Waals surface area (Å²) in [6.45, 7) is 1.43. The van der Waals surface area contributed by atoms with Crippen molar-refractivity contribution in [2.45, 2.75) is 51.0 Å². The highest BCUT2D eigenvalue weighted by Crippen LogP contribution is 2.06. The average molecular weight is 277 g/mol. The molecule has 0 aliphatic heterocycles. The topological polar surface area (TPSA) is 99.0 Å². The summed E-state index contributed by atoms with van der Waals surface area (Å²) in [5.41, 5.74) is -1.04. The summed E-state index contributed by atoms with van der Waals surface area (Å²) in [7, 11) is 0. The quantitative estimate of drug-likeness (QED) is 0.418. The van der Waals surface area contributed by atoms with Gasteiger partial charge in [-0.1, -0.05) is 25.7 Å². The zero-order valence-corrected chi connectivity index (χ0v) is 11.7. The Labute approximate surface area is 114 Å². The lowest BCUT2D eigenvalue weighted by Crippen LogP contribution is -2.51. The van der Waals surface area contributed by atoms with Crippen LogP contribution in [0.15, 0.2) is 0 Å². The van der Waals surface area contributed by atoms with Crippen LogP contribution in [0.4, 0.5) is 4.79 Å². The van der Waals surface area contributed by atoms with Gasteiger partial charge in [0, 0.05) is 6.61 Å². The molecule has 0 rings (SSSR count). The maximum Gasteiger partial charge on any atom is 0.407 e. The largest absolute Gasteiger partial charge is 0.450 e. The lowest BCUT2D eigenvalue weighted by Gasteiger charge is -2.25. The molecule has 6 heteroatoms. The second kappa shape index (κ2) is 11.0. The summed E-state index contributed by atoms with van der Waals surface area (Å²) in [6.07, 6.45) is 5.18. The van der Waals surface area contributed by atoms with Crippen molar-refractivity contribution in [3.8, 4) is 0 Å². The third-order valence-corrected chi connectivity index (χ3v) is 2.89. The molecular formula is C13H27NO5. The lowest BCUT2D eigenvalue weighted by molar-refractivity contribution is 0.0835. The van der Waals surface area contributed by atoms with Gasteiger partial charge in [0.05, 0.1) is 25.4 Å². The molecule has 0 aromatic rings. The molecule has 0 heterocycles. The van der Waals surface area contributed by atoms with Crippen molar-refractivity contribution in [1.82, 2.24) is 5.32 Å². The second-order valence-electron chi connectivity index (χ2n) is 4.98. The lowest BCUT2D eigenvalue weighted by atomic mass is 10.1. The van der Waals surface area contributed by atoms with Crippen molar-refractivity contribution >= 4 is 6.09 Å². The van der Waals surface area contributed by atoms with E-state index in [1.54, 1.807) is 0 Å². The number of hydrogen-bond acceptors (Lipinski definition) is 5. The van der Waals surface area contributed by atoms with E-state index in [1.165, 1.54) is 6.92 Å². The van der Waals surface area contributed by atoms with Crippen LogP contribution < -0.4 is 5.32 Å². The first kappa shape index (κ1) is 18.1. The molecule has 0 atom stereocenters. The predicted molar refractivity (Wildman–Crippen MR) is 71.8 cm³/mol. The van der Waals surface area contributed by atoms with Crippen LogP contribution in [0.2, 0.25) is 0 Å². The molecule has 0 saturated heterocycles. The summed E-state index contributed by atoms with van der Waals surface area (Å²) >= 11 is 0. The SMILES string of the molecule is CC(CO)(CO)NC(=O)OCCCCCCCCO. The number of ether oxygens (including phenoxy) is 1. The highest BCUT2D eigenvalue weighted by molar-refractivity contribution is 5.68. The number of carbonyl (C=O) groups excluding carboxylic acids is 1. The van der Waals surface area contributed by atoms with Crippen LogP contribution >= 0.6 is 0 Å².